The zero-order valence-corrected chi connectivity index (χ0v) is 26.4. The van der Waals surface area contributed by atoms with E-state index in [4.69, 9.17) is 9.73 Å². The monoisotopic (exact) mass is 587 g/mol. The fourth-order valence-electron chi connectivity index (χ4n) is 8.13. The van der Waals surface area contributed by atoms with E-state index >= 15 is 0 Å². The van der Waals surface area contributed by atoms with Crippen LogP contribution in [0.5, 0.6) is 5.75 Å². The molecule has 7 nitrogen and oxygen atoms in total. The number of hydrogen-bond acceptors (Lipinski definition) is 4. The number of ether oxygens (including phenoxy) is 1. The number of piperidine rings is 1. The molecule has 0 spiro atoms. The second-order valence-corrected chi connectivity index (χ2v) is 14.1. The standard InChI is InChI=1S/C35H46FN5O2/c1-21-13-22(2)19-41(18-21)34(39-31-15-25-14-29(23(31)3)35(25,4)5)38-26-8-10-28-32(16-26)37-20-40(33(28)42)12-11-24-7-9-27(43-6)17-30(24)36/h7-10,16-17,20-23,25,29,31H,11-15,18-19H2,1-6H3,(H,38,39)/t21?,22?,23-,25-,29-,31?/m1/s1. The van der Waals surface area contributed by atoms with Gasteiger partial charge in [-0.2, -0.15) is 0 Å². The lowest BCUT2D eigenvalue weighted by Gasteiger charge is -2.62. The average Bonchev–Trinajstić information content (AvgIpc) is 2.97. The fraction of sp³-hybridized carbons (Fsp3) is 0.571. The summed E-state index contributed by atoms with van der Waals surface area (Å²) in [6, 6.07) is 10.9. The van der Waals surface area contributed by atoms with Crippen molar-refractivity contribution in [2.75, 3.05) is 20.2 Å². The summed E-state index contributed by atoms with van der Waals surface area (Å²) in [5.41, 5.74) is 2.24. The van der Waals surface area contributed by atoms with E-state index in [1.165, 1.54) is 32.4 Å². The second-order valence-electron chi connectivity index (χ2n) is 14.1. The van der Waals surface area contributed by atoms with Crippen LogP contribution in [0.3, 0.4) is 0 Å². The first kappa shape index (κ1) is 29.6. The van der Waals surface area contributed by atoms with Crippen LogP contribution in [0.2, 0.25) is 0 Å². The van der Waals surface area contributed by atoms with Crippen molar-refractivity contribution in [1.82, 2.24) is 19.8 Å². The zero-order chi connectivity index (χ0) is 30.5. The number of likely N-dealkylation sites (tertiary alicyclic amines) is 1. The smallest absolute Gasteiger partial charge is 0.261 e. The zero-order valence-electron chi connectivity index (χ0n) is 26.4. The Balaban J connectivity index is 1.25. The van der Waals surface area contributed by atoms with Crippen molar-refractivity contribution in [1.29, 1.82) is 0 Å². The molecule has 43 heavy (non-hydrogen) atoms. The highest BCUT2D eigenvalue weighted by Gasteiger charge is 2.56. The van der Waals surface area contributed by atoms with E-state index < -0.39 is 0 Å². The lowest BCUT2D eigenvalue weighted by molar-refractivity contribution is -0.112. The largest absolute Gasteiger partial charge is 0.497 e. The highest BCUT2D eigenvalue weighted by atomic mass is 19.1. The third-order valence-corrected chi connectivity index (χ3v) is 10.8. The third kappa shape index (κ3) is 5.77. The summed E-state index contributed by atoms with van der Waals surface area (Å²) in [6.45, 7) is 14.3. The van der Waals surface area contributed by atoms with E-state index in [-0.39, 0.29) is 11.4 Å². The van der Waals surface area contributed by atoms with Gasteiger partial charge in [0.05, 0.1) is 30.0 Å². The number of benzene rings is 2. The van der Waals surface area contributed by atoms with Crippen molar-refractivity contribution in [2.24, 2.45) is 40.0 Å². The van der Waals surface area contributed by atoms with Gasteiger partial charge in [-0.1, -0.05) is 40.7 Å². The molecule has 3 unspecified atom stereocenters. The Morgan fingerprint density at radius 2 is 1.86 bits per heavy atom. The van der Waals surface area contributed by atoms with E-state index in [1.807, 2.05) is 18.2 Å². The lowest BCUT2D eigenvalue weighted by Crippen LogP contribution is -2.62. The minimum absolute atomic E-state index is 0.135. The molecule has 230 valence electrons. The number of aliphatic imine (C=N–C) groups is 1. The number of guanidine groups is 1. The summed E-state index contributed by atoms with van der Waals surface area (Å²) in [5.74, 6) is 4.40. The third-order valence-electron chi connectivity index (χ3n) is 10.8. The summed E-state index contributed by atoms with van der Waals surface area (Å²) < 4.78 is 21.1. The molecule has 2 heterocycles. The van der Waals surface area contributed by atoms with Gasteiger partial charge < -0.3 is 15.0 Å². The maximum atomic E-state index is 14.4. The van der Waals surface area contributed by atoms with Crippen LogP contribution in [0, 0.1) is 40.8 Å². The summed E-state index contributed by atoms with van der Waals surface area (Å²) in [5, 5.41) is 4.46. The van der Waals surface area contributed by atoms with E-state index in [9.17, 15) is 9.18 Å². The van der Waals surface area contributed by atoms with Gasteiger partial charge in [-0.05, 0) is 90.5 Å². The number of nitrogens with one attached hydrogen (secondary N) is 1. The van der Waals surface area contributed by atoms with Crippen molar-refractivity contribution in [2.45, 2.75) is 72.9 Å². The predicted octanol–water partition coefficient (Wildman–Crippen LogP) is 6.41. The molecule has 6 atom stereocenters. The van der Waals surface area contributed by atoms with Gasteiger partial charge in [0.2, 0.25) is 0 Å². The number of halogens is 1. The summed E-state index contributed by atoms with van der Waals surface area (Å²) in [6.07, 6.45) is 5.70. The topological polar surface area (TPSA) is 71.8 Å². The number of methoxy groups -OCH3 is 1. The van der Waals surface area contributed by atoms with Gasteiger partial charge in [-0.3, -0.25) is 9.36 Å². The van der Waals surface area contributed by atoms with Crippen LogP contribution >= 0.6 is 0 Å². The Labute approximate surface area is 254 Å². The number of nitrogens with zero attached hydrogens (tertiary/aromatic N) is 4. The van der Waals surface area contributed by atoms with Gasteiger partial charge in [0.25, 0.3) is 5.56 Å². The maximum Gasteiger partial charge on any atom is 0.261 e. The molecule has 4 aliphatic rings. The number of aromatic nitrogens is 2. The average molecular weight is 588 g/mol. The normalized spacial score (nSPS) is 28.4. The van der Waals surface area contributed by atoms with E-state index in [1.54, 1.807) is 23.0 Å². The highest BCUT2D eigenvalue weighted by Crippen LogP contribution is 2.61. The molecule has 7 rings (SSSR count). The fourth-order valence-corrected chi connectivity index (χ4v) is 8.13. The van der Waals surface area contributed by atoms with Gasteiger partial charge in [0, 0.05) is 31.7 Å². The van der Waals surface area contributed by atoms with Gasteiger partial charge in [-0.25, -0.2) is 14.4 Å². The molecule has 2 bridgehead atoms. The lowest BCUT2D eigenvalue weighted by atomic mass is 9.45. The molecule has 0 amide bonds. The minimum Gasteiger partial charge on any atom is -0.497 e. The van der Waals surface area contributed by atoms with Gasteiger partial charge >= 0.3 is 0 Å². The SMILES string of the molecule is COc1ccc(CCn2cnc3cc(N=C(NC4C[C@H]5C[C@H]([C@H]4C)C5(C)C)N4CC(C)CC(C)C4)ccc3c2=O)c(F)c1. The maximum absolute atomic E-state index is 14.4. The first-order valence-corrected chi connectivity index (χ1v) is 15.9. The quantitative estimate of drug-likeness (QED) is 0.267. The predicted molar refractivity (Wildman–Crippen MR) is 170 cm³/mol. The van der Waals surface area contributed by atoms with Crippen molar-refractivity contribution in [3.8, 4) is 5.75 Å². The van der Waals surface area contributed by atoms with Crippen LogP contribution in [0.15, 0.2) is 52.5 Å². The summed E-state index contributed by atoms with van der Waals surface area (Å²) in [4.78, 5) is 25.6. The number of fused-ring (bicyclic) bond motifs is 3. The first-order valence-electron chi connectivity index (χ1n) is 15.9. The van der Waals surface area contributed by atoms with E-state index in [2.05, 4.69) is 49.8 Å². The minimum atomic E-state index is -0.339. The second kappa shape index (κ2) is 11.6. The molecule has 3 saturated carbocycles. The molecule has 1 N–H and O–H groups in total. The highest BCUT2D eigenvalue weighted by molar-refractivity contribution is 5.86. The summed E-state index contributed by atoms with van der Waals surface area (Å²) in [7, 11) is 1.51. The van der Waals surface area contributed by atoms with E-state index in [0.717, 1.165) is 36.6 Å². The summed E-state index contributed by atoms with van der Waals surface area (Å²) >= 11 is 0. The Bertz CT molecular complexity index is 1570. The number of aryl methyl sites for hydroxylation is 2. The van der Waals surface area contributed by atoms with Crippen LogP contribution in [0.4, 0.5) is 10.1 Å². The molecule has 4 fully saturated rings. The molecular weight excluding hydrogens is 541 g/mol. The van der Waals surface area contributed by atoms with Crippen LogP contribution < -0.4 is 15.6 Å². The molecule has 0 radical (unpaired) electrons. The Kier molecular flexibility index (Phi) is 7.99. The van der Waals surface area contributed by atoms with E-state index in [0.29, 0.717) is 64.4 Å². The molecule has 1 aliphatic heterocycles. The van der Waals surface area contributed by atoms with Gasteiger partial charge in [-0.15, -0.1) is 0 Å². The first-order chi connectivity index (χ1) is 20.5. The van der Waals surface area contributed by atoms with Crippen LogP contribution in [0.25, 0.3) is 10.9 Å². The molecule has 3 aliphatic carbocycles. The van der Waals surface area contributed by atoms with Crippen LogP contribution in [0.1, 0.15) is 59.4 Å². The Morgan fingerprint density at radius 3 is 2.53 bits per heavy atom. The van der Waals surface area contributed by atoms with Gasteiger partial charge in [0.15, 0.2) is 5.96 Å². The Hall–Kier alpha value is -3.42. The molecule has 2 aromatic carbocycles. The van der Waals surface area contributed by atoms with Crippen LogP contribution in [-0.4, -0.2) is 46.7 Å². The van der Waals surface area contributed by atoms with Crippen molar-refractivity contribution < 1.29 is 9.13 Å². The number of hydrogen-bond donors (Lipinski definition) is 1. The molecule has 8 heteroatoms. The number of rotatable bonds is 6. The molecule has 1 aromatic heterocycles. The molecule has 1 saturated heterocycles. The van der Waals surface area contributed by atoms with Crippen molar-refractivity contribution >= 4 is 22.5 Å². The Morgan fingerprint density at radius 1 is 1.09 bits per heavy atom. The molecular formula is C35H46FN5O2. The van der Waals surface area contributed by atoms with Crippen LogP contribution in [-0.2, 0) is 13.0 Å². The van der Waals surface area contributed by atoms with Gasteiger partial charge in [0.1, 0.15) is 11.6 Å². The van der Waals surface area contributed by atoms with Crippen molar-refractivity contribution in [3.63, 3.8) is 0 Å². The molecule has 3 aromatic rings. The van der Waals surface area contributed by atoms with Crippen molar-refractivity contribution in [3.05, 3.63) is 64.5 Å².